The molecule has 29 heavy (non-hydrogen) atoms. The van der Waals surface area contributed by atoms with Gasteiger partial charge in [-0.2, -0.15) is 0 Å². The van der Waals surface area contributed by atoms with Crippen molar-refractivity contribution in [1.82, 2.24) is 4.98 Å². The summed E-state index contributed by atoms with van der Waals surface area (Å²) in [5.41, 5.74) is 7.83. The minimum absolute atomic E-state index is 0.285. The lowest BCUT2D eigenvalue weighted by atomic mass is 10.2. The third-order valence-electron chi connectivity index (χ3n) is 3.98. The van der Waals surface area contributed by atoms with Gasteiger partial charge in [0.15, 0.2) is 11.2 Å². The van der Waals surface area contributed by atoms with Crippen LogP contribution in [-0.2, 0) is 9.53 Å². The predicted octanol–water partition coefficient (Wildman–Crippen LogP) is 5.27. The number of esters is 1. The van der Waals surface area contributed by atoms with E-state index in [-0.39, 0.29) is 5.56 Å². The van der Waals surface area contributed by atoms with Crippen LogP contribution >= 0.6 is 34.5 Å². The van der Waals surface area contributed by atoms with E-state index in [0.29, 0.717) is 33.0 Å². The van der Waals surface area contributed by atoms with Crippen molar-refractivity contribution in [2.75, 3.05) is 11.1 Å². The summed E-state index contributed by atoms with van der Waals surface area (Å²) in [6.07, 6.45) is -0.647. The highest BCUT2D eigenvalue weighted by atomic mass is 35.5. The topological polar surface area (TPSA) is 94.3 Å². The zero-order chi connectivity index (χ0) is 21.0. The molecule has 3 aromatic rings. The summed E-state index contributed by atoms with van der Waals surface area (Å²) in [4.78, 5) is 29.2. The van der Waals surface area contributed by atoms with E-state index in [0.717, 1.165) is 5.56 Å². The fourth-order valence-electron chi connectivity index (χ4n) is 2.49. The third-order valence-corrected chi connectivity index (χ3v) is 5.48. The Balaban J connectivity index is 1.67. The van der Waals surface area contributed by atoms with Crippen molar-refractivity contribution in [3.63, 3.8) is 0 Å². The average molecular weight is 450 g/mol. The van der Waals surface area contributed by atoms with Gasteiger partial charge >= 0.3 is 5.97 Å². The highest BCUT2D eigenvalue weighted by molar-refractivity contribution is 7.14. The van der Waals surface area contributed by atoms with Gasteiger partial charge in [0.1, 0.15) is 0 Å². The van der Waals surface area contributed by atoms with Crippen LogP contribution in [0.15, 0.2) is 47.8 Å². The Kier molecular flexibility index (Phi) is 6.74. The number of rotatable bonds is 6. The van der Waals surface area contributed by atoms with Crippen molar-refractivity contribution in [3.8, 4) is 11.3 Å². The molecule has 0 fully saturated rings. The van der Waals surface area contributed by atoms with Gasteiger partial charge in [-0.15, -0.1) is 11.3 Å². The van der Waals surface area contributed by atoms with Crippen molar-refractivity contribution in [1.29, 1.82) is 0 Å². The van der Waals surface area contributed by atoms with Crippen LogP contribution in [-0.4, -0.2) is 23.0 Å². The second kappa shape index (κ2) is 9.26. The number of nitrogens with one attached hydrogen (secondary N) is 1. The number of carbonyl (C=O) groups is 2. The SMILES string of the molecule is CCC(OC(=O)c1cccc(N)c1)C(=O)Nc1nc(-c2ccc(Cl)c(Cl)c2)cs1. The predicted molar refractivity (Wildman–Crippen MR) is 117 cm³/mol. The molecule has 0 saturated carbocycles. The number of hydrogen-bond donors (Lipinski definition) is 2. The summed E-state index contributed by atoms with van der Waals surface area (Å²) < 4.78 is 5.33. The molecule has 0 radical (unpaired) electrons. The van der Waals surface area contributed by atoms with E-state index < -0.39 is 18.0 Å². The standard InChI is InChI=1S/C20H17Cl2N3O3S/c1-2-17(28-19(27)12-4-3-5-13(23)8-12)18(26)25-20-24-16(10-29-20)11-6-7-14(21)15(22)9-11/h3-10,17H,2,23H2,1H3,(H,24,25,26). The van der Waals surface area contributed by atoms with Crippen molar-refractivity contribution in [2.45, 2.75) is 19.4 Å². The number of benzene rings is 2. The maximum absolute atomic E-state index is 12.5. The molecule has 0 spiro atoms. The molecule has 9 heteroatoms. The Morgan fingerprint density at radius 1 is 1.21 bits per heavy atom. The first-order valence-electron chi connectivity index (χ1n) is 8.65. The van der Waals surface area contributed by atoms with E-state index >= 15 is 0 Å². The monoisotopic (exact) mass is 449 g/mol. The first-order chi connectivity index (χ1) is 13.9. The van der Waals surface area contributed by atoms with Crippen molar-refractivity contribution in [2.24, 2.45) is 0 Å². The molecule has 1 atom stereocenters. The highest BCUT2D eigenvalue weighted by Gasteiger charge is 2.23. The molecule has 0 aliphatic rings. The zero-order valence-corrected chi connectivity index (χ0v) is 17.6. The number of aromatic nitrogens is 1. The minimum atomic E-state index is -0.957. The van der Waals surface area contributed by atoms with Gasteiger partial charge in [-0.3, -0.25) is 10.1 Å². The Bertz CT molecular complexity index is 1050. The van der Waals surface area contributed by atoms with Crippen molar-refractivity contribution in [3.05, 3.63) is 63.5 Å². The number of thiazole rings is 1. The summed E-state index contributed by atoms with van der Waals surface area (Å²) in [6, 6.07) is 11.6. The lowest BCUT2D eigenvalue weighted by Gasteiger charge is -2.15. The number of nitrogen functional groups attached to an aromatic ring is 1. The van der Waals surface area contributed by atoms with Gasteiger partial charge in [-0.25, -0.2) is 9.78 Å². The number of nitrogens with two attached hydrogens (primary N) is 1. The normalized spacial score (nSPS) is 11.7. The van der Waals surface area contributed by atoms with Crippen LogP contribution in [0.2, 0.25) is 10.0 Å². The number of amides is 1. The van der Waals surface area contributed by atoms with Crippen LogP contribution in [0.25, 0.3) is 11.3 Å². The van der Waals surface area contributed by atoms with E-state index in [2.05, 4.69) is 10.3 Å². The Hall–Kier alpha value is -2.61. The molecule has 1 aromatic heterocycles. The fourth-order valence-corrected chi connectivity index (χ4v) is 3.51. The van der Waals surface area contributed by atoms with Crippen LogP contribution in [0.3, 0.4) is 0 Å². The first kappa shape index (κ1) is 21.1. The Morgan fingerprint density at radius 3 is 2.69 bits per heavy atom. The van der Waals surface area contributed by atoms with Crippen molar-refractivity contribution < 1.29 is 14.3 Å². The maximum atomic E-state index is 12.5. The number of ether oxygens (including phenoxy) is 1. The lowest BCUT2D eigenvalue weighted by Crippen LogP contribution is -2.32. The highest BCUT2D eigenvalue weighted by Crippen LogP contribution is 2.30. The van der Waals surface area contributed by atoms with E-state index in [4.69, 9.17) is 33.7 Å². The molecule has 0 bridgehead atoms. The molecule has 150 valence electrons. The molecule has 6 nitrogen and oxygen atoms in total. The van der Waals surface area contributed by atoms with Crippen LogP contribution in [0.1, 0.15) is 23.7 Å². The molecule has 0 saturated heterocycles. The van der Waals surface area contributed by atoms with Gasteiger partial charge in [0.25, 0.3) is 5.91 Å². The first-order valence-corrected chi connectivity index (χ1v) is 10.3. The number of halogens is 2. The van der Waals surface area contributed by atoms with Gasteiger partial charge in [-0.05, 0) is 36.8 Å². The van der Waals surface area contributed by atoms with Crippen LogP contribution in [0.5, 0.6) is 0 Å². The summed E-state index contributed by atoms with van der Waals surface area (Å²) in [6.45, 7) is 1.75. The Labute approximate surface area is 181 Å². The molecular formula is C20H17Cl2N3O3S. The molecule has 1 heterocycles. The van der Waals surface area contributed by atoms with E-state index in [9.17, 15) is 9.59 Å². The Morgan fingerprint density at radius 2 is 2.00 bits per heavy atom. The molecular weight excluding hydrogens is 433 g/mol. The van der Waals surface area contributed by atoms with Gasteiger partial charge in [0.05, 0.1) is 21.3 Å². The molecule has 2 aromatic carbocycles. The van der Waals surface area contributed by atoms with E-state index in [1.807, 2.05) is 0 Å². The number of nitrogens with zero attached hydrogens (tertiary/aromatic N) is 1. The average Bonchev–Trinajstić information content (AvgIpc) is 3.16. The molecule has 0 aliphatic heterocycles. The summed E-state index contributed by atoms with van der Waals surface area (Å²) in [5, 5.41) is 5.72. The van der Waals surface area contributed by atoms with Gasteiger partial charge in [0.2, 0.25) is 0 Å². The largest absolute Gasteiger partial charge is 0.449 e. The van der Waals surface area contributed by atoms with Gasteiger partial charge < -0.3 is 10.5 Å². The zero-order valence-electron chi connectivity index (χ0n) is 15.3. The van der Waals surface area contributed by atoms with Crippen LogP contribution < -0.4 is 11.1 Å². The third kappa shape index (κ3) is 5.26. The van der Waals surface area contributed by atoms with E-state index in [1.165, 1.54) is 17.4 Å². The minimum Gasteiger partial charge on any atom is -0.449 e. The van der Waals surface area contributed by atoms with Gasteiger partial charge in [0, 0.05) is 16.6 Å². The molecule has 1 unspecified atom stereocenters. The fraction of sp³-hybridized carbons (Fsp3) is 0.150. The maximum Gasteiger partial charge on any atom is 0.338 e. The van der Waals surface area contributed by atoms with Crippen LogP contribution in [0, 0.1) is 0 Å². The molecule has 1 amide bonds. The quantitative estimate of drug-likeness (QED) is 0.394. The number of hydrogen-bond acceptors (Lipinski definition) is 6. The number of anilines is 2. The second-order valence-corrected chi connectivity index (χ2v) is 7.76. The molecule has 3 rings (SSSR count). The number of carbonyl (C=O) groups excluding carboxylic acids is 2. The second-order valence-electron chi connectivity index (χ2n) is 6.08. The molecule has 3 N–H and O–H groups in total. The van der Waals surface area contributed by atoms with Gasteiger partial charge in [-0.1, -0.05) is 42.3 Å². The van der Waals surface area contributed by atoms with E-state index in [1.54, 1.807) is 48.7 Å². The summed E-state index contributed by atoms with van der Waals surface area (Å²) >= 11 is 13.2. The smallest absolute Gasteiger partial charge is 0.338 e. The molecule has 0 aliphatic carbocycles. The summed E-state index contributed by atoms with van der Waals surface area (Å²) in [5.74, 6) is -1.07. The lowest BCUT2D eigenvalue weighted by molar-refractivity contribution is -0.124. The van der Waals surface area contributed by atoms with Crippen molar-refractivity contribution >= 4 is 57.2 Å². The summed E-state index contributed by atoms with van der Waals surface area (Å²) in [7, 11) is 0. The van der Waals surface area contributed by atoms with Crippen LogP contribution in [0.4, 0.5) is 10.8 Å².